The largest absolute Gasteiger partial charge is 0.450 e. The van der Waals surface area contributed by atoms with Crippen molar-refractivity contribution in [1.29, 1.82) is 0 Å². The van der Waals surface area contributed by atoms with E-state index in [1.54, 1.807) is 29.2 Å². The first-order valence-corrected chi connectivity index (χ1v) is 10.6. The minimum atomic E-state index is -0.682. The highest BCUT2D eigenvalue weighted by atomic mass is 16.6. The number of nitrogens with zero attached hydrogens (tertiary/aromatic N) is 2. The Kier molecular flexibility index (Phi) is 5.01. The molecular formula is C26H20N2O5. The van der Waals surface area contributed by atoms with E-state index in [-0.39, 0.29) is 28.3 Å². The van der Waals surface area contributed by atoms with E-state index in [0.29, 0.717) is 29.5 Å². The standard InChI is InChI=1S/C26H20N2O5/c1-16-7-12-21-20(15-16)24(29)22-23(18-8-10-19(11-9-18)28(31)32)27(26(30)25(22)33-21)14-13-17-5-3-2-4-6-17/h2-12,15,23H,13-14H2,1H3. The van der Waals surface area contributed by atoms with Crippen molar-refractivity contribution in [3.8, 4) is 0 Å². The third-order valence-corrected chi connectivity index (χ3v) is 6.03. The van der Waals surface area contributed by atoms with Crippen molar-refractivity contribution in [2.45, 2.75) is 19.4 Å². The molecule has 1 unspecified atom stereocenters. The third kappa shape index (κ3) is 3.57. The van der Waals surface area contributed by atoms with E-state index in [2.05, 4.69) is 0 Å². The topological polar surface area (TPSA) is 93.7 Å². The van der Waals surface area contributed by atoms with Crippen LogP contribution in [-0.2, 0) is 6.42 Å². The summed E-state index contributed by atoms with van der Waals surface area (Å²) in [5.41, 5.74) is 2.93. The SMILES string of the molecule is Cc1ccc2oc3c(c(=O)c2c1)C(c1ccc([N+](=O)[O-])cc1)N(CCc1ccccc1)C3=O. The highest BCUT2D eigenvalue weighted by Gasteiger charge is 2.42. The van der Waals surface area contributed by atoms with Crippen molar-refractivity contribution in [1.82, 2.24) is 4.90 Å². The van der Waals surface area contributed by atoms with Gasteiger partial charge in [0, 0.05) is 18.7 Å². The summed E-state index contributed by atoms with van der Waals surface area (Å²) in [5, 5.41) is 11.5. The monoisotopic (exact) mass is 440 g/mol. The molecule has 0 saturated heterocycles. The second-order valence-corrected chi connectivity index (χ2v) is 8.16. The summed E-state index contributed by atoms with van der Waals surface area (Å²) in [4.78, 5) is 39.2. The van der Waals surface area contributed by atoms with Gasteiger partial charge in [0.05, 0.1) is 21.9 Å². The first-order valence-electron chi connectivity index (χ1n) is 10.6. The zero-order valence-electron chi connectivity index (χ0n) is 17.9. The van der Waals surface area contributed by atoms with Gasteiger partial charge in [0.25, 0.3) is 11.6 Å². The molecule has 7 nitrogen and oxygen atoms in total. The van der Waals surface area contributed by atoms with Crippen LogP contribution in [0.4, 0.5) is 5.69 Å². The number of carbonyl (C=O) groups is 1. The zero-order chi connectivity index (χ0) is 23.1. The van der Waals surface area contributed by atoms with Crippen LogP contribution in [-0.4, -0.2) is 22.3 Å². The molecule has 33 heavy (non-hydrogen) atoms. The van der Waals surface area contributed by atoms with E-state index in [4.69, 9.17) is 4.42 Å². The number of rotatable bonds is 5. The molecule has 0 aliphatic carbocycles. The Morgan fingerprint density at radius 2 is 1.73 bits per heavy atom. The van der Waals surface area contributed by atoms with Gasteiger partial charge < -0.3 is 9.32 Å². The zero-order valence-corrected chi connectivity index (χ0v) is 17.9. The first kappa shape index (κ1) is 20.6. The molecule has 1 amide bonds. The number of fused-ring (bicyclic) bond motifs is 2. The number of hydrogen-bond acceptors (Lipinski definition) is 5. The molecule has 2 heterocycles. The Labute approximate surface area is 189 Å². The van der Waals surface area contributed by atoms with Crippen molar-refractivity contribution in [2.24, 2.45) is 0 Å². The maximum Gasteiger partial charge on any atom is 0.290 e. The van der Waals surface area contributed by atoms with Crippen molar-refractivity contribution in [3.05, 3.63) is 121 Å². The van der Waals surface area contributed by atoms with Crippen LogP contribution in [0.1, 0.15) is 38.9 Å². The second-order valence-electron chi connectivity index (χ2n) is 8.16. The molecule has 3 aromatic carbocycles. The number of non-ortho nitro benzene ring substituents is 1. The maximum atomic E-state index is 13.5. The average Bonchev–Trinajstić information content (AvgIpc) is 3.10. The van der Waals surface area contributed by atoms with Gasteiger partial charge in [0.2, 0.25) is 5.76 Å². The van der Waals surface area contributed by atoms with Crippen molar-refractivity contribution >= 4 is 22.6 Å². The van der Waals surface area contributed by atoms with Crippen LogP contribution >= 0.6 is 0 Å². The number of amides is 1. The van der Waals surface area contributed by atoms with E-state index >= 15 is 0 Å². The minimum absolute atomic E-state index is 0.0350. The van der Waals surface area contributed by atoms with Gasteiger partial charge in [0.15, 0.2) is 5.43 Å². The van der Waals surface area contributed by atoms with Crippen LogP contribution in [0.25, 0.3) is 11.0 Å². The fraction of sp³-hybridized carbons (Fsp3) is 0.154. The summed E-state index contributed by atoms with van der Waals surface area (Å²) >= 11 is 0. The predicted octanol–water partition coefficient (Wildman–Crippen LogP) is 4.80. The summed E-state index contributed by atoms with van der Waals surface area (Å²) < 4.78 is 5.95. The van der Waals surface area contributed by atoms with E-state index < -0.39 is 11.0 Å². The van der Waals surface area contributed by atoms with Gasteiger partial charge >= 0.3 is 0 Å². The quantitative estimate of drug-likeness (QED) is 0.328. The predicted molar refractivity (Wildman–Crippen MR) is 123 cm³/mol. The number of nitro groups is 1. The van der Waals surface area contributed by atoms with Crippen molar-refractivity contribution < 1.29 is 14.1 Å². The number of nitro benzene ring substituents is 1. The van der Waals surface area contributed by atoms with E-state index in [0.717, 1.165) is 11.1 Å². The Bertz CT molecular complexity index is 1440. The summed E-state index contributed by atoms with van der Waals surface area (Å²) in [5.74, 6) is -0.323. The van der Waals surface area contributed by atoms with E-state index in [1.165, 1.54) is 12.1 Å². The van der Waals surface area contributed by atoms with Crippen LogP contribution < -0.4 is 5.43 Å². The van der Waals surface area contributed by atoms with Crippen LogP contribution in [0.5, 0.6) is 0 Å². The summed E-state index contributed by atoms with van der Waals surface area (Å²) in [6, 6.07) is 20.3. The molecule has 7 heteroatoms. The number of aryl methyl sites for hydroxylation is 1. The molecule has 1 aliphatic rings. The molecule has 1 atom stereocenters. The lowest BCUT2D eigenvalue weighted by atomic mass is 9.97. The maximum absolute atomic E-state index is 13.5. The van der Waals surface area contributed by atoms with Gasteiger partial charge in [-0.2, -0.15) is 0 Å². The molecule has 0 bridgehead atoms. The Morgan fingerprint density at radius 3 is 2.42 bits per heavy atom. The van der Waals surface area contributed by atoms with Gasteiger partial charge in [0.1, 0.15) is 5.58 Å². The average molecular weight is 440 g/mol. The number of benzene rings is 3. The smallest absolute Gasteiger partial charge is 0.290 e. The van der Waals surface area contributed by atoms with Crippen LogP contribution in [0.3, 0.4) is 0 Å². The molecule has 0 saturated carbocycles. The Hall–Kier alpha value is -4.26. The molecule has 0 fully saturated rings. The Morgan fingerprint density at radius 1 is 1.00 bits per heavy atom. The van der Waals surface area contributed by atoms with E-state index in [9.17, 15) is 19.7 Å². The van der Waals surface area contributed by atoms with Crippen LogP contribution in [0.2, 0.25) is 0 Å². The van der Waals surface area contributed by atoms with Gasteiger partial charge in [-0.05, 0) is 48.7 Å². The lowest BCUT2D eigenvalue weighted by molar-refractivity contribution is -0.384. The van der Waals surface area contributed by atoms with Crippen molar-refractivity contribution in [3.63, 3.8) is 0 Å². The molecule has 4 aromatic rings. The fourth-order valence-corrected chi connectivity index (χ4v) is 4.38. The first-order chi connectivity index (χ1) is 15.9. The lowest BCUT2D eigenvalue weighted by Crippen LogP contribution is -2.31. The summed E-state index contributed by atoms with van der Waals surface area (Å²) in [6.45, 7) is 2.25. The second kappa shape index (κ2) is 8.02. The highest BCUT2D eigenvalue weighted by molar-refractivity contribution is 5.99. The van der Waals surface area contributed by atoms with Crippen LogP contribution in [0.15, 0.2) is 82.0 Å². The van der Waals surface area contributed by atoms with Gasteiger partial charge in [-0.3, -0.25) is 19.7 Å². The molecule has 0 N–H and O–H groups in total. The highest BCUT2D eigenvalue weighted by Crippen LogP contribution is 2.38. The summed E-state index contributed by atoms with van der Waals surface area (Å²) in [6.07, 6.45) is 0.594. The minimum Gasteiger partial charge on any atom is -0.450 e. The molecule has 0 spiro atoms. The normalized spacial score (nSPS) is 15.1. The fourth-order valence-electron chi connectivity index (χ4n) is 4.38. The van der Waals surface area contributed by atoms with Gasteiger partial charge in [-0.1, -0.05) is 42.0 Å². The van der Waals surface area contributed by atoms with Gasteiger partial charge in [-0.25, -0.2) is 0 Å². The molecule has 164 valence electrons. The molecule has 1 aromatic heterocycles. The Balaban J connectivity index is 1.65. The third-order valence-electron chi connectivity index (χ3n) is 6.03. The number of hydrogen-bond donors (Lipinski definition) is 0. The lowest BCUT2D eigenvalue weighted by Gasteiger charge is -2.25. The van der Waals surface area contributed by atoms with Crippen LogP contribution in [0, 0.1) is 17.0 Å². The number of carbonyl (C=O) groups excluding carboxylic acids is 1. The van der Waals surface area contributed by atoms with E-state index in [1.807, 2.05) is 43.3 Å². The molecule has 0 radical (unpaired) electrons. The molecular weight excluding hydrogens is 420 g/mol. The molecule has 5 rings (SSSR count). The van der Waals surface area contributed by atoms with Gasteiger partial charge in [-0.15, -0.1) is 0 Å². The van der Waals surface area contributed by atoms with Crippen molar-refractivity contribution in [2.75, 3.05) is 6.54 Å². The molecule has 1 aliphatic heterocycles. The summed E-state index contributed by atoms with van der Waals surface area (Å²) in [7, 11) is 0.